The van der Waals surface area contributed by atoms with E-state index in [9.17, 15) is 0 Å². The van der Waals surface area contributed by atoms with Crippen LogP contribution in [-0.4, -0.2) is 28.5 Å². The first-order valence-corrected chi connectivity index (χ1v) is 6.53. The van der Waals surface area contributed by atoms with Gasteiger partial charge in [-0.25, -0.2) is 0 Å². The Labute approximate surface area is 104 Å². The Bertz CT molecular complexity index is 344. The van der Waals surface area contributed by atoms with Crippen LogP contribution in [0.2, 0.25) is 0 Å². The summed E-state index contributed by atoms with van der Waals surface area (Å²) in [4.78, 5) is 6.76. The van der Waals surface area contributed by atoms with Crippen LogP contribution in [0.5, 0.6) is 0 Å². The molecule has 3 heteroatoms. The molecular weight excluding hydrogens is 210 g/mol. The van der Waals surface area contributed by atoms with Crippen LogP contribution >= 0.6 is 0 Å². The minimum atomic E-state index is -0.0369. The first kappa shape index (κ1) is 12.5. The third-order valence-corrected chi connectivity index (χ3v) is 3.63. The molecular formula is C14H23N3. The van der Waals surface area contributed by atoms with Crippen LogP contribution in [0.4, 0.5) is 0 Å². The lowest BCUT2D eigenvalue weighted by Crippen LogP contribution is -2.49. The first-order valence-electron chi connectivity index (χ1n) is 6.53. The van der Waals surface area contributed by atoms with Crippen LogP contribution in [0.1, 0.15) is 32.4 Å². The average Bonchev–Trinajstić information content (AvgIpc) is 3.13. The molecule has 0 saturated heterocycles. The van der Waals surface area contributed by atoms with Crippen LogP contribution in [0, 0.1) is 5.92 Å². The van der Waals surface area contributed by atoms with E-state index in [4.69, 9.17) is 5.73 Å². The first-order chi connectivity index (χ1) is 8.12. The van der Waals surface area contributed by atoms with Gasteiger partial charge in [-0.05, 0) is 44.4 Å². The average molecular weight is 233 g/mol. The molecule has 1 atom stereocenters. The number of nitrogens with two attached hydrogens (primary N) is 1. The van der Waals surface area contributed by atoms with E-state index in [1.165, 1.54) is 12.8 Å². The third-order valence-electron chi connectivity index (χ3n) is 3.63. The molecule has 2 N–H and O–H groups in total. The normalized spacial score (nSPS) is 19.3. The van der Waals surface area contributed by atoms with E-state index in [2.05, 4.69) is 29.8 Å². The third kappa shape index (κ3) is 3.51. The molecule has 0 spiro atoms. The lowest BCUT2D eigenvalue weighted by molar-refractivity contribution is 0.201. The molecule has 94 valence electrons. The standard InChI is InChI=1S/C14H23N3/c1-3-17(10-13-6-4-5-9-16-13)11-14(2,15)12-7-8-12/h4-6,9,12H,3,7-8,10-11,15H2,1-2H3. The van der Waals surface area contributed by atoms with Crippen molar-refractivity contribution in [1.29, 1.82) is 0 Å². The molecule has 1 aromatic heterocycles. The number of hydrogen-bond acceptors (Lipinski definition) is 3. The van der Waals surface area contributed by atoms with Crippen molar-refractivity contribution >= 4 is 0 Å². The molecule has 2 rings (SSSR count). The molecule has 0 aromatic carbocycles. The van der Waals surface area contributed by atoms with Crippen molar-refractivity contribution in [1.82, 2.24) is 9.88 Å². The molecule has 3 nitrogen and oxygen atoms in total. The number of nitrogens with zero attached hydrogens (tertiary/aromatic N) is 2. The molecule has 0 aliphatic heterocycles. The fourth-order valence-corrected chi connectivity index (χ4v) is 2.35. The van der Waals surface area contributed by atoms with Gasteiger partial charge in [-0.3, -0.25) is 9.88 Å². The molecule has 0 bridgehead atoms. The molecule has 1 saturated carbocycles. The number of rotatable bonds is 6. The molecule has 1 aliphatic carbocycles. The van der Waals surface area contributed by atoms with Gasteiger partial charge in [0.2, 0.25) is 0 Å². The van der Waals surface area contributed by atoms with Gasteiger partial charge in [0.15, 0.2) is 0 Å². The molecule has 0 radical (unpaired) electrons. The maximum absolute atomic E-state index is 6.39. The van der Waals surface area contributed by atoms with E-state index in [0.29, 0.717) is 0 Å². The van der Waals surface area contributed by atoms with Crippen molar-refractivity contribution in [2.45, 2.75) is 38.8 Å². The van der Waals surface area contributed by atoms with E-state index in [0.717, 1.165) is 31.2 Å². The lowest BCUT2D eigenvalue weighted by Gasteiger charge is -2.32. The van der Waals surface area contributed by atoms with Crippen molar-refractivity contribution in [3.05, 3.63) is 30.1 Å². The van der Waals surface area contributed by atoms with Gasteiger partial charge in [-0.1, -0.05) is 13.0 Å². The quantitative estimate of drug-likeness (QED) is 0.817. The molecule has 1 aliphatic rings. The van der Waals surface area contributed by atoms with Gasteiger partial charge in [-0.2, -0.15) is 0 Å². The van der Waals surface area contributed by atoms with Gasteiger partial charge >= 0.3 is 0 Å². The van der Waals surface area contributed by atoms with Crippen molar-refractivity contribution in [3.8, 4) is 0 Å². The zero-order valence-electron chi connectivity index (χ0n) is 10.9. The topological polar surface area (TPSA) is 42.2 Å². The summed E-state index contributed by atoms with van der Waals surface area (Å²) in [7, 11) is 0. The molecule has 17 heavy (non-hydrogen) atoms. The Kier molecular flexibility index (Phi) is 3.79. The summed E-state index contributed by atoms with van der Waals surface area (Å²) in [5.41, 5.74) is 7.48. The van der Waals surface area contributed by atoms with Crippen LogP contribution in [-0.2, 0) is 6.54 Å². The largest absolute Gasteiger partial charge is 0.324 e. The molecule has 1 fully saturated rings. The smallest absolute Gasteiger partial charge is 0.0543 e. The molecule has 0 amide bonds. The second-order valence-electron chi connectivity index (χ2n) is 5.40. The van der Waals surface area contributed by atoms with Crippen LogP contribution in [0.3, 0.4) is 0 Å². The van der Waals surface area contributed by atoms with Gasteiger partial charge in [0.1, 0.15) is 0 Å². The second kappa shape index (κ2) is 5.15. The maximum Gasteiger partial charge on any atom is 0.0543 e. The minimum Gasteiger partial charge on any atom is -0.324 e. The van der Waals surface area contributed by atoms with Crippen molar-refractivity contribution < 1.29 is 0 Å². The second-order valence-corrected chi connectivity index (χ2v) is 5.40. The van der Waals surface area contributed by atoms with Gasteiger partial charge in [0.25, 0.3) is 0 Å². The van der Waals surface area contributed by atoms with Crippen molar-refractivity contribution in [3.63, 3.8) is 0 Å². The summed E-state index contributed by atoms with van der Waals surface area (Å²) >= 11 is 0. The highest BCUT2D eigenvalue weighted by molar-refractivity contribution is 5.04. The van der Waals surface area contributed by atoms with Gasteiger partial charge in [-0.15, -0.1) is 0 Å². The Morgan fingerprint density at radius 2 is 2.24 bits per heavy atom. The summed E-state index contributed by atoms with van der Waals surface area (Å²) in [5, 5.41) is 0. The highest BCUT2D eigenvalue weighted by Crippen LogP contribution is 2.38. The Morgan fingerprint density at radius 3 is 2.76 bits per heavy atom. The highest BCUT2D eigenvalue weighted by atomic mass is 15.1. The fourth-order valence-electron chi connectivity index (χ4n) is 2.35. The van der Waals surface area contributed by atoms with Crippen molar-refractivity contribution in [2.24, 2.45) is 11.7 Å². The van der Waals surface area contributed by atoms with E-state index >= 15 is 0 Å². The monoisotopic (exact) mass is 233 g/mol. The van der Waals surface area contributed by atoms with E-state index in [1.807, 2.05) is 18.3 Å². The zero-order chi connectivity index (χ0) is 12.3. The zero-order valence-corrected chi connectivity index (χ0v) is 10.9. The highest BCUT2D eigenvalue weighted by Gasteiger charge is 2.39. The SMILES string of the molecule is CCN(Cc1ccccn1)CC(C)(N)C1CC1. The van der Waals surface area contributed by atoms with Crippen LogP contribution in [0.15, 0.2) is 24.4 Å². The maximum atomic E-state index is 6.39. The van der Waals surface area contributed by atoms with Crippen LogP contribution in [0.25, 0.3) is 0 Å². The summed E-state index contributed by atoms with van der Waals surface area (Å²) < 4.78 is 0. The van der Waals surface area contributed by atoms with Gasteiger partial charge in [0.05, 0.1) is 5.69 Å². The van der Waals surface area contributed by atoms with Gasteiger partial charge in [0, 0.05) is 24.8 Å². The molecule has 1 aromatic rings. The Hall–Kier alpha value is -0.930. The number of pyridine rings is 1. The Morgan fingerprint density at radius 1 is 1.47 bits per heavy atom. The molecule has 1 unspecified atom stereocenters. The molecule has 1 heterocycles. The Balaban J connectivity index is 1.92. The van der Waals surface area contributed by atoms with E-state index in [1.54, 1.807) is 0 Å². The van der Waals surface area contributed by atoms with Crippen molar-refractivity contribution in [2.75, 3.05) is 13.1 Å². The number of aromatic nitrogens is 1. The lowest BCUT2D eigenvalue weighted by atomic mass is 9.96. The summed E-state index contributed by atoms with van der Waals surface area (Å²) in [6.07, 6.45) is 4.45. The van der Waals surface area contributed by atoms with Crippen LogP contribution < -0.4 is 5.73 Å². The predicted molar refractivity (Wildman–Crippen MR) is 70.5 cm³/mol. The number of likely N-dealkylation sites (N-methyl/N-ethyl adjacent to an activating group) is 1. The summed E-state index contributed by atoms with van der Waals surface area (Å²) in [6, 6.07) is 6.07. The van der Waals surface area contributed by atoms with Gasteiger partial charge < -0.3 is 5.73 Å². The summed E-state index contributed by atoms with van der Waals surface area (Å²) in [5.74, 6) is 0.722. The minimum absolute atomic E-state index is 0.0369. The number of hydrogen-bond donors (Lipinski definition) is 1. The van der Waals surface area contributed by atoms with E-state index in [-0.39, 0.29) is 5.54 Å². The van der Waals surface area contributed by atoms with E-state index < -0.39 is 0 Å². The predicted octanol–water partition coefficient (Wildman–Crippen LogP) is 2.03. The summed E-state index contributed by atoms with van der Waals surface area (Å²) in [6.45, 7) is 7.26. The fraction of sp³-hybridized carbons (Fsp3) is 0.643.